The Balaban J connectivity index is 1.48. The molecule has 41 heavy (non-hydrogen) atoms. The second kappa shape index (κ2) is 11.3. The number of ether oxygens (including phenoxy) is 1. The largest absolute Gasteiger partial charge is 0.416 e. The highest BCUT2D eigenvalue weighted by Crippen LogP contribution is 2.51. The third kappa shape index (κ3) is 6.29. The molecule has 1 saturated carbocycles. The Morgan fingerprint density at radius 1 is 0.976 bits per heavy atom. The molecule has 2 aromatic rings. The van der Waals surface area contributed by atoms with E-state index in [1.807, 2.05) is 0 Å². The molecule has 2 heterocycles. The van der Waals surface area contributed by atoms with Crippen molar-refractivity contribution in [3.05, 3.63) is 82.3 Å². The molecule has 1 unspecified atom stereocenters. The van der Waals surface area contributed by atoms with Crippen LogP contribution in [0.4, 0.5) is 30.7 Å². The molecular formula is C29H28F7NO3S. The summed E-state index contributed by atoms with van der Waals surface area (Å²) in [5, 5.41) is 11.5. The molecule has 4 nitrogen and oxygen atoms in total. The average molecular weight is 604 g/mol. The molecule has 5 rings (SSSR count). The number of aliphatic hydroxyl groups excluding tert-OH is 1. The summed E-state index contributed by atoms with van der Waals surface area (Å²) >= 11 is 1.45. The lowest BCUT2D eigenvalue weighted by atomic mass is 9.68. The number of benzene rings is 2. The molecule has 3 aliphatic rings. The van der Waals surface area contributed by atoms with Crippen molar-refractivity contribution in [2.45, 2.75) is 56.5 Å². The van der Waals surface area contributed by atoms with Crippen LogP contribution in [-0.4, -0.2) is 46.2 Å². The van der Waals surface area contributed by atoms with Crippen LogP contribution in [0.25, 0.3) is 0 Å². The molecular weight excluding hydrogens is 575 g/mol. The lowest BCUT2D eigenvalue weighted by Gasteiger charge is -2.42. The molecule has 0 spiro atoms. The summed E-state index contributed by atoms with van der Waals surface area (Å²) in [6, 6.07) is 7.05. The fraction of sp³-hybridized carbons (Fsp3) is 0.483. The van der Waals surface area contributed by atoms with Crippen LogP contribution in [-0.2, 0) is 21.9 Å². The second-order valence-corrected chi connectivity index (χ2v) is 11.8. The number of hydrogen-bond donors (Lipinski definition) is 1. The number of fused-ring (bicyclic) bond motifs is 1. The molecule has 1 aliphatic carbocycles. The van der Waals surface area contributed by atoms with Gasteiger partial charge in [-0.15, -0.1) is 11.8 Å². The molecule has 0 aromatic heterocycles. The summed E-state index contributed by atoms with van der Waals surface area (Å²) in [6.07, 6.45) is -10.3. The number of rotatable bonds is 5. The highest BCUT2D eigenvalue weighted by Gasteiger charge is 2.51. The van der Waals surface area contributed by atoms with Gasteiger partial charge in [0, 0.05) is 35.9 Å². The van der Waals surface area contributed by atoms with Crippen LogP contribution in [0.1, 0.15) is 54.0 Å². The zero-order valence-corrected chi connectivity index (χ0v) is 22.7. The minimum atomic E-state index is -4.99. The first kappa shape index (κ1) is 29.9. The quantitative estimate of drug-likeness (QED) is 0.375. The lowest BCUT2D eigenvalue weighted by molar-refractivity contribution is -0.143. The molecule has 1 saturated heterocycles. The van der Waals surface area contributed by atoms with Gasteiger partial charge in [0.2, 0.25) is 0 Å². The van der Waals surface area contributed by atoms with Crippen LogP contribution < -0.4 is 0 Å². The number of ketones is 1. The van der Waals surface area contributed by atoms with E-state index in [1.54, 1.807) is 17.0 Å². The van der Waals surface area contributed by atoms with Crippen LogP contribution >= 0.6 is 11.8 Å². The number of aliphatic hydroxyl groups is 1. The SMILES string of the molecule is C[C@@H](O[C@H]1CC[C@@H]2CN(C3=CC(=O)CSC3)C(O)[C@H]2[C@@H]1c1ccc(F)cc1)c1cc(C(F)(F)F)cc(C(F)(F)F)c1. The van der Waals surface area contributed by atoms with Crippen molar-refractivity contribution in [2.24, 2.45) is 11.8 Å². The monoisotopic (exact) mass is 603 g/mol. The van der Waals surface area contributed by atoms with Crippen molar-refractivity contribution < 1.29 is 45.4 Å². The summed E-state index contributed by atoms with van der Waals surface area (Å²) in [4.78, 5) is 13.8. The maximum absolute atomic E-state index is 13.8. The molecule has 222 valence electrons. The van der Waals surface area contributed by atoms with Gasteiger partial charge in [-0.1, -0.05) is 12.1 Å². The van der Waals surface area contributed by atoms with Crippen LogP contribution in [0.3, 0.4) is 0 Å². The summed E-state index contributed by atoms with van der Waals surface area (Å²) in [6.45, 7) is 1.88. The first-order valence-corrected chi connectivity index (χ1v) is 14.3. The molecule has 1 N–H and O–H groups in total. The average Bonchev–Trinajstić information content (AvgIpc) is 3.24. The Bertz CT molecular complexity index is 1280. The van der Waals surface area contributed by atoms with Crippen molar-refractivity contribution >= 4 is 17.5 Å². The van der Waals surface area contributed by atoms with Gasteiger partial charge in [0.05, 0.1) is 29.1 Å². The number of likely N-dealkylation sites (tertiary alicyclic amines) is 1. The third-order valence-electron chi connectivity index (χ3n) is 8.18. The van der Waals surface area contributed by atoms with E-state index in [1.165, 1.54) is 36.9 Å². The standard InChI is InChI=1S/C29H28F7NO3S/c1-15(18-8-19(28(31,32)33)10-20(9-18)29(34,35)36)40-24-7-4-17-12-37(22-11-23(38)14-41-13-22)27(39)26(17)25(24)16-2-5-21(30)6-3-16/h2-3,5-6,8-11,15,17,24-27,39H,4,7,12-14H2,1H3/t15-,17-,24+,25-,26-,27?/m1/s1. The third-order valence-corrected chi connectivity index (χ3v) is 9.17. The van der Waals surface area contributed by atoms with E-state index < -0.39 is 59.6 Å². The van der Waals surface area contributed by atoms with Crippen molar-refractivity contribution in [1.82, 2.24) is 4.90 Å². The van der Waals surface area contributed by atoms with Crippen molar-refractivity contribution in [3.63, 3.8) is 0 Å². The zero-order chi connectivity index (χ0) is 29.7. The second-order valence-electron chi connectivity index (χ2n) is 10.8. The minimum absolute atomic E-state index is 0.0245. The van der Waals surface area contributed by atoms with Gasteiger partial charge < -0.3 is 14.7 Å². The zero-order valence-electron chi connectivity index (χ0n) is 21.9. The predicted octanol–water partition coefficient (Wildman–Crippen LogP) is 6.95. The van der Waals surface area contributed by atoms with E-state index in [-0.39, 0.29) is 23.3 Å². The van der Waals surface area contributed by atoms with E-state index in [0.717, 1.165) is 0 Å². The first-order chi connectivity index (χ1) is 19.2. The van der Waals surface area contributed by atoms with Gasteiger partial charge in [-0.3, -0.25) is 4.79 Å². The predicted molar refractivity (Wildman–Crippen MR) is 138 cm³/mol. The summed E-state index contributed by atoms with van der Waals surface area (Å²) in [5.74, 6) is -0.604. The van der Waals surface area contributed by atoms with Gasteiger partial charge in [-0.05, 0) is 67.1 Å². The number of alkyl halides is 6. The molecule has 2 aliphatic heterocycles. The first-order valence-electron chi connectivity index (χ1n) is 13.2. The molecule has 0 bridgehead atoms. The van der Waals surface area contributed by atoms with E-state index >= 15 is 0 Å². The molecule has 6 atom stereocenters. The Morgan fingerprint density at radius 2 is 1.61 bits per heavy atom. The maximum atomic E-state index is 13.8. The van der Waals surface area contributed by atoms with Gasteiger partial charge >= 0.3 is 12.4 Å². The van der Waals surface area contributed by atoms with Gasteiger partial charge in [0.1, 0.15) is 12.0 Å². The number of carbonyl (C=O) groups excluding carboxylic acids is 1. The fourth-order valence-electron chi connectivity index (χ4n) is 6.31. The molecule has 2 fully saturated rings. The highest BCUT2D eigenvalue weighted by molar-refractivity contribution is 8.00. The molecule has 2 aromatic carbocycles. The number of halogens is 7. The number of hydrogen-bond acceptors (Lipinski definition) is 5. The molecule has 0 amide bonds. The smallest absolute Gasteiger partial charge is 0.373 e. The van der Waals surface area contributed by atoms with Crippen LogP contribution in [0.2, 0.25) is 0 Å². The van der Waals surface area contributed by atoms with Gasteiger partial charge in [-0.25, -0.2) is 4.39 Å². The van der Waals surface area contributed by atoms with Crippen molar-refractivity contribution in [1.29, 1.82) is 0 Å². The van der Waals surface area contributed by atoms with Gasteiger partial charge in [0.25, 0.3) is 0 Å². The fourth-order valence-corrected chi connectivity index (χ4v) is 7.15. The Hall–Kier alpha value is -2.57. The van der Waals surface area contributed by atoms with Gasteiger partial charge in [-0.2, -0.15) is 26.3 Å². The normalized spacial score (nSPS) is 27.9. The van der Waals surface area contributed by atoms with Crippen LogP contribution in [0.15, 0.2) is 54.2 Å². The molecule has 0 radical (unpaired) electrons. The van der Waals surface area contributed by atoms with Crippen LogP contribution in [0.5, 0.6) is 0 Å². The number of allylic oxidation sites excluding steroid dienone is 1. The maximum Gasteiger partial charge on any atom is 0.416 e. The Kier molecular flexibility index (Phi) is 8.21. The lowest BCUT2D eigenvalue weighted by Crippen LogP contribution is -2.42. The van der Waals surface area contributed by atoms with E-state index in [0.29, 0.717) is 54.3 Å². The van der Waals surface area contributed by atoms with Crippen molar-refractivity contribution in [2.75, 3.05) is 18.1 Å². The van der Waals surface area contributed by atoms with Crippen LogP contribution in [0, 0.1) is 17.7 Å². The Morgan fingerprint density at radius 3 is 2.20 bits per heavy atom. The summed E-state index contributed by atoms with van der Waals surface area (Å²) in [7, 11) is 0. The Labute approximate surface area is 236 Å². The topological polar surface area (TPSA) is 49.8 Å². The molecule has 12 heteroatoms. The highest BCUT2D eigenvalue weighted by atomic mass is 32.2. The number of nitrogens with zero attached hydrogens (tertiary/aromatic N) is 1. The number of carbonyl (C=O) groups is 1. The number of thioether (sulfide) groups is 1. The van der Waals surface area contributed by atoms with Crippen molar-refractivity contribution in [3.8, 4) is 0 Å². The minimum Gasteiger partial charge on any atom is -0.373 e. The van der Waals surface area contributed by atoms with Gasteiger partial charge in [0.15, 0.2) is 5.78 Å². The van der Waals surface area contributed by atoms with E-state index in [2.05, 4.69) is 0 Å². The summed E-state index contributed by atoms with van der Waals surface area (Å²) in [5.41, 5.74) is -1.77. The van der Waals surface area contributed by atoms with E-state index in [4.69, 9.17) is 4.74 Å². The summed E-state index contributed by atoms with van der Waals surface area (Å²) < 4.78 is 101. The van der Waals surface area contributed by atoms with E-state index in [9.17, 15) is 40.6 Å².